The second-order valence-electron chi connectivity index (χ2n) is 6.04. The van der Waals surface area contributed by atoms with E-state index < -0.39 is 0 Å². The maximum atomic E-state index is 12.2. The Morgan fingerprint density at radius 3 is 2.96 bits per heavy atom. The lowest BCUT2D eigenvalue weighted by Gasteiger charge is -2.07. The van der Waals surface area contributed by atoms with Gasteiger partial charge in [0, 0.05) is 43.4 Å². The molecule has 0 aromatic carbocycles. The molecule has 136 valence electrons. The van der Waals surface area contributed by atoms with Gasteiger partial charge in [-0.3, -0.25) is 14.5 Å². The van der Waals surface area contributed by atoms with Crippen molar-refractivity contribution in [2.75, 3.05) is 5.32 Å². The molecule has 3 rings (SSSR count). The largest absolute Gasteiger partial charge is 0.339 e. The van der Waals surface area contributed by atoms with Gasteiger partial charge in [-0.2, -0.15) is 10.1 Å². The molecule has 26 heavy (non-hydrogen) atoms. The van der Waals surface area contributed by atoms with Crippen LogP contribution in [0.5, 0.6) is 0 Å². The van der Waals surface area contributed by atoms with Gasteiger partial charge in [-0.1, -0.05) is 12.1 Å². The van der Waals surface area contributed by atoms with E-state index in [4.69, 9.17) is 4.52 Å². The fraction of sp³-hybridized carbons (Fsp3) is 0.389. The van der Waals surface area contributed by atoms with E-state index in [2.05, 4.69) is 32.5 Å². The lowest BCUT2D eigenvalue weighted by Crippen LogP contribution is -2.15. The number of carbonyl (C=O) groups is 1. The molecule has 0 unspecified atom stereocenters. The average Bonchev–Trinajstić information content (AvgIpc) is 3.20. The SMILES string of the molecule is CCc1c(C)nn(C)c1NC(=O)CCCc1nc(-c2cccnc2)no1. The van der Waals surface area contributed by atoms with Gasteiger partial charge in [-0.15, -0.1) is 0 Å². The van der Waals surface area contributed by atoms with Gasteiger partial charge in [0.1, 0.15) is 5.82 Å². The molecule has 3 heterocycles. The van der Waals surface area contributed by atoms with E-state index in [0.717, 1.165) is 29.1 Å². The summed E-state index contributed by atoms with van der Waals surface area (Å²) in [5.41, 5.74) is 2.82. The Bertz CT molecular complexity index is 884. The molecule has 0 radical (unpaired) electrons. The standard InChI is InChI=1S/C18H22N6O2/c1-4-14-12(2)22-24(3)18(14)20-15(25)8-5-9-16-21-17(23-26-16)13-7-6-10-19-11-13/h6-7,10-11H,4-5,8-9H2,1-3H3,(H,20,25). The minimum atomic E-state index is -0.0466. The Balaban J connectivity index is 1.53. The van der Waals surface area contributed by atoms with E-state index in [1.54, 1.807) is 17.1 Å². The van der Waals surface area contributed by atoms with Crippen LogP contribution in [0.1, 0.15) is 36.9 Å². The Kier molecular flexibility index (Phi) is 5.40. The minimum absolute atomic E-state index is 0.0466. The number of aromatic nitrogens is 5. The van der Waals surface area contributed by atoms with Gasteiger partial charge >= 0.3 is 0 Å². The first-order valence-electron chi connectivity index (χ1n) is 8.63. The molecule has 1 N–H and O–H groups in total. The Morgan fingerprint density at radius 2 is 2.23 bits per heavy atom. The molecule has 1 amide bonds. The van der Waals surface area contributed by atoms with Crippen molar-refractivity contribution in [1.29, 1.82) is 0 Å². The minimum Gasteiger partial charge on any atom is -0.339 e. The highest BCUT2D eigenvalue weighted by molar-refractivity contribution is 5.90. The van der Waals surface area contributed by atoms with Crippen LogP contribution in [0.3, 0.4) is 0 Å². The number of carbonyl (C=O) groups excluding carboxylic acids is 1. The highest BCUT2D eigenvalue weighted by atomic mass is 16.5. The monoisotopic (exact) mass is 354 g/mol. The number of aryl methyl sites for hydroxylation is 3. The highest BCUT2D eigenvalue weighted by Crippen LogP contribution is 2.20. The highest BCUT2D eigenvalue weighted by Gasteiger charge is 2.15. The number of nitrogens with one attached hydrogen (secondary N) is 1. The summed E-state index contributed by atoms with van der Waals surface area (Å²) in [4.78, 5) is 20.6. The molecule has 0 aliphatic rings. The molecule has 8 nitrogen and oxygen atoms in total. The summed E-state index contributed by atoms with van der Waals surface area (Å²) >= 11 is 0. The van der Waals surface area contributed by atoms with Crippen LogP contribution in [0.2, 0.25) is 0 Å². The number of amides is 1. The Hall–Kier alpha value is -3.03. The molecular formula is C18H22N6O2. The molecule has 0 aliphatic heterocycles. The fourth-order valence-electron chi connectivity index (χ4n) is 2.85. The van der Waals surface area contributed by atoms with E-state index in [0.29, 0.717) is 31.0 Å². The number of rotatable bonds is 7. The van der Waals surface area contributed by atoms with Crippen molar-refractivity contribution >= 4 is 11.7 Å². The van der Waals surface area contributed by atoms with Crippen molar-refractivity contribution in [2.24, 2.45) is 7.05 Å². The zero-order chi connectivity index (χ0) is 18.5. The molecule has 0 atom stereocenters. The first-order valence-corrected chi connectivity index (χ1v) is 8.63. The van der Waals surface area contributed by atoms with E-state index >= 15 is 0 Å². The zero-order valence-electron chi connectivity index (χ0n) is 15.2. The van der Waals surface area contributed by atoms with Gasteiger partial charge in [0.25, 0.3) is 0 Å². The van der Waals surface area contributed by atoms with Crippen molar-refractivity contribution in [1.82, 2.24) is 24.9 Å². The van der Waals surface area contributed by atoms with E-state index in [9.17, 15) is 4.79 Å². The molecular weight excluding hydrogens is 332 g/mol. The first-order chi connectivity index (χ1) is 12.6. The second-order valence-corrected chi connectivity index (χ2v) is 6.04. The summed E-state index contributed by atoms with van der Waals surface area (Å²) in [6.45, 7) is 4.00. The molecule has 0 saturated heterocycles. The number of nitrogens with zero attached hydrogens (tertiary/aromatic N) is 5. The van der Waals surface area contributed by atoms with Crippen LogP contribution >= 0.6 is 0 Å². The maximum absolute atomic E-state index is 12.2. The summed E-state index contributed by atoms with van der Waals surface area (Å²) in [6.07, 6.45) is 5.75. The molecule has 0 aliphatic carbocycles. The summed E-state index contributed by atoms with van der Waals surface area (Å²) in [5.74, 6) is 1.75. The summed E-state index contributed by atoms with van der Waals surface area (Å²) in [5, 5.41) is 11.3. The number of pyridine rings is 1. The van der Waals surface area contributed by atoms with E-state index in [1.807, 2.05) is 26.1 Å². The van der Waals surface area contributed by atoms with Crippen molar-refractivity contribution in [3.63, 3.8) is 0 Å². The molecule has 0 fully saturated rings. The van der Waals surface area contributed by atoms with Crippen LogP contribution in [0.4, 0.5) is 5.82 Å². The summed E-state index contributed by atoms with van der Waals surface area (Å²) < 4.78 is 6.96. The zero-order valence-corrected chi connectivity index (χ0v) is 15.2. The van der Waals surface area contributed by atoms with Crippen LogP contribution < -0.4 is 5.32 Å². The van der Waals surface area contributed by atoms with Crippen molar-refractivity contribution in [3.05, 3.63) is 41.7 Å². The summed E-state index contributed by atoms with van der Waals surface area (Å²) in [7, 11) is 1.83. The summed E-state index contributed by atoms with van der Waals surface area (Å²) in [6, 6.07) is 3.69. The Labute approximate surface area is 151 Å². The van der Waals surface area contributed by atoms with Crippen LogP contribution in [-0.4, -0.2) is 30.8 Å². The van der Waals surface area contributed by atoms with E-state index in [1.165, 1.54) is 0 Å². The third-order valence-corrected chi connectivity index (χ3v) is 4.14. The van der Waals surface area contributed by atoms with E-state index in [-0.39, 0.29) is 5.91 Å². The normalized spacial score (nSPS) is 10.9. The van der Waals surface area contributed by atoms with Crippen LogP contribution in [0, 0.1) is 6.92 Å². The topological polar surface area (TPSA) is 98.7 Å². The molecule has 0 saturated carbocycles. The third-order valence-electron chi connectivity index (χ3n) is 4.14. The molecule has 3 aromatic heterocycles. The van der Waals surface area contributed by atoms with Gasteiger partial charge in [-0.05, 0) is 31.9 Å². The van der Waals surface area contributed by atoms with Gasteiger partial charge in [0.05, 0.1) is 5.69 Å². The maximum Gasteiger partial charge on any atom is 0.226 e. The third kappa shape index (κ3) is 3.96. The van der Waals surface area contributed by atoms with Crippen LogP contribution in [0.15, 0.2) is 29.0 Å². The van der Waals surface area contributed by atoms with Gasteiger partial charge in [-0.25, -0.2) is 0 Å². The predicted molar refractivity (Wildman–Crippen MR) is 96.4 cm³/mol. The molecule has 8 heteroatoms. The quantitative estimate of drug-likeness (QED) is 0.700. The first kappa shape index (κ1) is 17.8. The van der Waals surface area contributed by atoms with Gasteiger partial charge < -0.3 is 9.84 Å². The number of hydrogen-bond donors (Lipinski definition) is 1. The molecule has 3 aromatic rings. The Morgan fingerprint density at radius 1 is 1.38 bits per heavy atom. The van der Waals surface area contributed by atoms with Crippen LogP contribution in [-0.2, 0) is 24.7 Å². The lowest BCUT2D eigenvalue weighted by molar-refractivity contribution is -0.116. The van der Waals surface area contributed by atoms with Gasteiger partial charge in [0.15, 0.2) is 0 Å². The number of hydrogen-bond acceptors (Lipinski definition) is 6. The van der Waals surface area contributed by atoms with Gasteiger partial charge in [0.2, 0.25) is 17.6 Å². The number of anilines is 1. The molecule has 0 bridgehead atoms. The van der Waals surface area contributed by atoms with Crippen molar-refractivity contribution in [2.45, 2.75) is 39.5 Å². The predicted octanol–water partition coefficient (Wildman–Crippen LogP) is 2.70. The fourth-order valence-corrected chi connectivity index (χ4v) is 2.85. The molecule has 0 spiro atoms. The van der Waals surface area contributed by atoms with Crippen molar-refractivity contribution in [3.8, 4) is 11.4 Å². The second kappa shape index (κ2) is 7.90. The lowest BCUT2D eigenvalue weighted by atomic mass is 10.2. The smallest absolute Gasteiger partial charge is 0.226 e. The van der Waals surface area contributed by atoms with Crippen LogP contribution in [0.25, 0.3) is 11.4 Å². The average molecular weight is 354 g/mol. The van der Waals surface area contributed by atoms with Crippen molar-refractivity contribution < 1.29 is 9.32 Å².